The van der Waals surface area contributed by atoms with Gasteiger partial charge in [-0.25, -0.2) is 13.2 Å². The van der Waals surface area contributed by atoms with Crippen LogP contribution in [0.5, 0.6) is 0 Å². The van der Waals surface area contributed by atoms with Crippen molar-refractivity contribution >= 4 is 33.5 Å². The molecule has 0 spiro atoms. The second kappa shape index (κ2) is 6.76. The molecule has 1 saturated heterocycles. The lowest BCUT2D eigenvalue weighted by molar-refractivity contribution is -0.150. The zero-order valence-electron chi connectivity index (χ0n) is 13.1. The van der Waals surface area contributed by atoms with Gasteiger partial charge in [-0.2, -0.15) is 0 Å². The summed E-state index contributed by atoms with van der Waals surface area (Å²) in [6.45, 7) is 0.371. The Hall–Kier alpha value is -1.54. The van der Waals surface area contributed by atoms with Crippen LogP contribution in [0.4, 0.5) is 0 Å². The Bertz CT molecular complexity index is 761. The Morgan fingerprint density at radius 3 is 2.71 bits per heavy atom. The van der Waals surface area contributed by atoms with Gasteiger partial charge in [0.25, 0.3) is 0 Å². The third-order valence-corrected chi connectivity index (χ3v) is 7.74. The topological polar surface area (TPSA) is 91.8 Å². The van der Waals surface area contributed by atoms with Crippen molar-refractivity contribution in [3.8, 4) is 0 Å². The van der Waals surface area contributed by atoms with E-state index in [4.69, 9.17) is 0 Å². The first-order valence-electron chi connectivity index (χ1n) is 7.79. The summed E-state index contributed by atoms with van der Waals surface area (Å²) in [6, 6.07) is 6.33. The van der Waals surface area contributed by atoms with Crippen LogP contribution in [0.25, 0.3) is 0 Å². The zero-order chi connectivity index (χ0) is 17.3. The van der Waals surface area contributed by atoms with E-state index in [1.165, 1.54) is 16.7 Å². The van der Waals surface area contributed by atoms with E-state index >= 15 is 0 Å². The molecule has 0 aliphatic carbocycles. The number of hydrogen-bond acceptors (Lipinski definition) is 5. The molecule has 6 nitrogen and oxygen atoms in total. The fourth-order valence-electron chi connectivity index (χ4n) is 3.27. The van der Waals surface area contributed by atoms with Crippen LogP contribution in [0.3, 0.4) is 0 Å². The smallest absolute Gasteiger partial charge is 0.331 e. The molecule has 2 atom stereocenters. The third-order valence-electron chi connectivity index (χ3n) is 4.47. The number of sulfone groups is 1. The van der Waals surface area contributed by atoms with E-state index in [1.54, 1.807) is 12.1 Å². The molecule has 8 heteroatoms. The first-order valence-corrected chi connectivity index (χ1v) is 10.7. The molecular weight excluding hydrogens is 350 g/mol. The number of carbonyl (C=O) groups is 2. The Labute approximate surface area is 145 Å². The van der Waals surface area contributed by atoms with E-state index in [9.17, 15) is 23.1 Å². The van der Waals surface area contributed by atoms with Gasteiger partial charge in [-0.05, 0) is 24.0 Å². The number of nitrogens with zero attached hydrogens (tertiary/aromatic N) is 1. The van der Waals surface area contributed by atoms with Crippen LogP contribution in [0.1, 0.15) is 23.6 Å². The average Bonchev–Trinajstić information content (AvgIpc) is 2.90. The molecule has 130 valence electrons. The highest BCUT2D eigenvalue weighted by Gasteiger charge is 2.36. The molecule has 2 unspecified atom stereocenters. The largest absolute Gasteiger partial charge is 0.479 e. The molecule has 0 saturated carbocycles. The summed E-state index contributed by atoms with van der Waals surface area (Å²) < 4.78 is 23.0. The second-order valence-electron chi connectivity index (χ2n) is 6.11. The standard InChI is InChI=1S/C16H19NO5S2/c18-14(9-23-12-6-8-24(21,22)10-12)17-7-5-11-3-1-2-4-13(11)15(17)16(19)20/h1-4,12,15H,5-10H2,(H,19,20). The van der Waals surface area contributed by atoms with Crippen LogP contribution in [0.15, 0.2) is 24.3 Å². The number of fused-ring (bicyclic) bond motifs is 1. The SMILES string of the molecule is O=C(O)C1c2ccccc2CCN1C(=O)CSC1CCS(=O)(=O)C1. The molecule has 2 heterocycles. The molecule has 2 aliphatic heterocycles. The maximum absolute atomic E-state index is 12.5. The van der Waals surface area contributed by atoms with E-state index in [0.717, 1.165) is 5.56 Å². The highest BCUT2D eigenvalue weighted by molar-refractivity contribution is 8.02. The molecule has 0 aromatic heterocycles. The van der Waals surface area contributed by atoms with Crippen LogP contribution >= 0.6 is 11.8 Å². The van der Waals surface area contributed by atoms with Gasteiger partial charge in [0.15, 0.2) is 15.9 Å². The fraction of sp³-hybridized carbons (Fsp3) is 0.500. The second-order valence-corrected chi connectivity index (χ2v) is 9.63. The minimum atomic E-state index is -2.97. The monoisotopic (exact) mass is 369 g/mol. The molecule has 1 aromatic rings. The number of rotatable bonds is 4. The zero-order valence-corrected chi connectivity index (χ0v) is 14.7. The van der Waals surface area contributed by atoms with Crippen LogP contribution in [-0.2, 0) is 25.8 Å². The summed E-state index contributed by atoms with van der Waals surface area (Å²) in [6.07, 6.45) is 1.19. The summed E-state index contributed by atoms with van der Waals surface area (Å²) in [5.41, 5.74) is 1.63. The summed E-state index contributed by atoms with van der Waals surface area (Å²) in [5, 5.41) is 9.50. The highest BCUT2D eigenvalue weighted by Crippen LogP contribution is 2.31. The highest BCUT2D eigenvalue weighted by atomic mass is 32.2. The molecule has 1 amide bonds. The van der Waals surface area contributed by atoms with Gasteiger partial charge in [0.05, 0.1) is 17.3 Å². The summed E-state index contributed by atoms with van der Waals surface area (Å²) in [5.74, 6) is -0.883. The predicted molar refractivity (Wildman–Crippen MR) is 91.8 cm³/mol. The van der Waals surface area contributed by atoms with Crippen molar-refractivity contribution in [2.75, 3.05) is 23.8 Å². The summed E-state index contributed by atoms with van der Waals surface area (Å²) in [7, 11) is -2.97. The molecule has 1 fully saturated rings. The molecule has 3 rings (SSSR count). The van der Waals surface area contributed by atoms with Gasteiger partial charge >= 0.3 is 5.97 Å². The number of aliphatic carboxylic acids is 1. The Balaban J connectivity index is 1.69. The molecule has 0 bridgehead atoms. The van der Waals surface area contributed by atoms with Crippen LogP contribution in [0.2, 0.25) is 0 Å². The number of carboxylic acids is 1. The maximum Gasteiger partial charge on any atom is 0.331 e. The summed E-state index contributed by atoms with van der Waals surface area (Å²) >= 11 is 1.32. The van der Waals surface area contributed by atoms with Crippen molar-refractivity contribution in [3.05, 3.63) is 35.4 Å². The maximum atomic E-state index is 12.5. The first-order chi connectivity index (χ1) is 11.4. The molecule has 2 aliphatic rings. The molecule has 1 N–H and O–H groups in total. The van der Waals surface area contributed by atoms with Gasteiger partial charge in [0.1, 0.15) is 0 Å². The Morgan fingerprint density at radius 1 is 1.29 bits per heavy atom. The normalized spacial score (nSPS) is 25.2. The lowest BCUT2D eigenvalue weighted by atomic mass is 9.92. The van der Waals surface area contributed by atoms with E-state index in [1.807, 2.05) is 12.1 Å². The first kappa shape index (κ1) is 17.3. The Kier molecular flexibility index (Phi) is 4.87. The quantitative estimate of drug-likeness (QED) is 0.855. The summed E-state index contributed by atoms with van der Waals surface area (Å²) in [4.78, 5) is 25.6. The lowest BCUT2D eigenvalue weighted by Gasteiger charge is -2.34. The van der Waals surface area contributed by atoms with E-state index in [2.05, 4.69) is 0 Å². The van der Waals surface area contributed by atoms with E-state index in [-0.39, 0.29) is 28.4 Å². The number of benzene rings is 1. The number of amides is 1. The van der Waals surface area contributed by atoms with E-state index < -0.39 is 21.8 Å². The van der Waals surface area contributed by atoms with E-state index in [0.29, 0.717) is 24.9 Å². The van der Waals surface area contributed by atoms with Crippen LogP contribution in [0, 0.1) is 0 Å². The average molecular weight is 369 g/mol. The van der Waals surface area contributed by atoms with Crippen molar-refractivity contribution in [2.24, 2.45) is 0 Å². The van der Waals surface area contributed by atoms with Gasteiger partial charge in [0.2, 0.25) is 5.91 Å². The number of carboxylic acid groups (broad SMARTS) is 1. The lowest BCUT2D eigenvalue weighted by Crippen LogP contribution is -2.44. The third kappa shape index (κ3) is 3.59. The minimum Gasteiger partial charge on any atom is -0.479 e. The van der Waals surface area contributed by atoms with Crippen molar-refractivity contribution < 1.29 is 23.1 Å². The fourth-order valence-corrected chi connectivity index (χ4v) is 6.79. The minimum absolute atomic E-state index is 0.0701. The van der Waals surface area contributed by atoms with Crippen molar-refractivity contribution in [2.45, 2.75) is 24.1 Å². The molecular formula is C16H19NO5S2. The molecule has 0 radical (unpaired) electrons. The number of thioether (sulfide) groups is 1. The van der Waals surface area contributed by atoms with Crippen LogP contribution in [-0.4, -0.2) is 59.4 Å². The van der Waals surface area contributed by atoms with Crippen molar-refractivity contribution in [1.29, 1.82) is 0 Å². The van der Waals surface area contributed by atoms with Crippen molar-refractivity contribution in [1.82, 2.24) is 4.90 Å². The molecule has 1 aromatic carbocycles. The van der Waals surface area contributed by atoms with Crippen LogP contribution < -0.4 is 0 Å². The van der Waals surface area contributed by atoms with Gasteiger partial charge in [-0.15, -0.1) is 11.8 Å². The van der Waals surface area contributed by atoms with Gasteiger partial charge in [-0.3, -0.25) is 4.79 Å². The predicted octanol–water partition coefficient (Wildman–Crippen LogP) is 1.12. The molecule has 24 heavy (non-hydrogen) atoms. The van der Waals surface area contributed by atoms with Gasteiger partial charge in [-0.1, -0.05) is 24.3 Å². The van der Waals surface area contributed by atoms with Gasteiger partial charge < -0.3 is 10.0 Å². The Morgan fingerprint density at radius 2 is 2.04 bits per heavy atom. The number of hydrogen-bond donors (Lipinski definition) is 1. The van der Waals surface area contributed by atoms with Gasteiger partial charge in [0, 0.05) is 11.8 Å². The van der Waals surface area contributed by atoms with Crippen molar-refractivity contribution in [3.63, 3.8) is 0 Å². The number of carbonyl (C=O) groups excluding carboxylic acids is 1.